The second-order valence-electron chi connectivity index (χ2n) is 4.71. The Balaban J connectivity index is 1.80. The third-order valence-corrected chi connectivity index (χ3v) is 3.95. The maximum Gasteiger partial charge on any atom is 0.264 e. The Morgan fingerprint density at radius 1 is 1.26 bits per heavy atom. The highest BCUT2D eigenvalue weighted by Crippen LogP contribution is 2.21. The number of hydrogen-bond acceptors (Lipinski definition) is 3. The predicted octanol–water partition coefficient (Wildman–Crippen LogP) is 3.79. The van der Waals surface area contributed by atoms with Gasteiger partial charge in [-0.3, -0.25) is 10.1 Å². The van der Waals surface area contributed by atoms with Gasteiger partial charge in [0.1, 0.15) is 11.6 Å². The molecule has 0 heterocycles. The van der Waals surface area contributed by atoms with Gasteiger partial charge in [-0.25, -0.2) is 4.39 Å². The van der Waals surface area contributed by atoms with Crippen LogP contribution in [0, 0.1) is 12.7 Å². The van der Waals surface area contributed by atoms with Gasteiger partial charge in [0.05, 0.1) is 0 Å². The second kappa shape index (κ2) is 8.03. The summed E-state index contributed by atoms with van der Waals surface area (Å²) >= 11 is 8.41. The van der Waals surface area contributed by atoms with Gasteiger partial charge in [0.2, 0.25) is 0 Å². The molecule has 2 rings (SSSR count). The summed E-state index contributed by atoms with van der Waals surface area (Å²) in [6.45, 7) is 1.77. The molecule has 0 atom stereocenters. The van der Waals surface area contributed by atoms with Crippen LogP contribution in [0.5, 0.6) is 5.75 Å². The number of hydrogen-bond donors (Lipinski definition) is 2. The minimum Gasteiger partial charge on any atom is -0.484 e. The smallest absolute Gasteiger partial charge is 0.264 e. The second-order valence-corrected chi connectivity index (χ2v) is 5.97. The summed E-state index contributed by atoms with van der Waals surface area (Å²) in [5, 5.41) is 5.40. The Bertz CT molecular complexity index is 723. The van der Waals surface area contributed by atoms with Crippen molar-refractivity contribution in [1.29, 1.82) is 0 Å². The molecule has 0 radical (unpaired) electrons. The van der Waals surface area contributed by atoms with E-state index in [0.717, 1.165) is 10.0 Å². The molecule has 0 aliphatic heterocycles. The molecular formula is C16H14BrFN2O2S. The van der Waals surface area contributed by atoms with Crippen molar-refractivity contribution in [1.82, 2.24) is 5.32 Å². The maximum absolute atomic E-state index is 12.8. The molecule has 7 heteroatoms. The van der Waals surface area contributed by atoms with E-state index in [0.29, 0.717) is 11.4 Å². The number of rotatable bonds is 4. The summed E-state index contributed by atoms with van der Waals surface area (Å²) in [5.41, 5.74) is 1.59. The molecule has 0 aliphatic rings. The van der Waals surface area contributed by atoms with Crippen LogP contribution in [0.15, 0.2) is 46.9 Å². The molecule has 0 fully saturated rings. The molecule has 2 aromatic rings. The standard InChI is InChI=1S/C16H14BrFN2O2S/c1-10-8-13(6-7-14(10)17)22-9-15(21)20-16(23)19-12-4-2-11(18)3-5-12/h2-8H,9H2,1H3,(H2,19,20,21,23). The van der Waals surface area contributed by atoms with Crippen LogP contribution in [0.1, 0.15) is 5.56 Å². The van der Waals surface area contributed by atoms with Crippen molar-refractivity contribution in [2.24, 2.45) is 0 Å². The van der Waals surface area contributed by atoms with E-state index in [1.807, 2.05) is 19.1 Å². The zero-order valence-corrected chi connectivity index (χ0v) is 14.6. The van der Waals surface area contributed by atoms with Crippen molar-refractivity contribution in [3.63, 3.8) is 0 Å². The van der Waals surface area contributed by atoms with Gasteiger partial charge in [-0.1, -0.05) is 15.9 Å². The maximum atomic E-state index is 12.8. The molecule has 0 unspecified atom stereocenters. The van der Waals surface area contributed by atoms with Crippen molar-refractivity contribution in [3.8, 4) is 5.75 Å². The van der Waals surface area contributed by atoms with Gasteiger partial charge in [0.15, 0.2) is 11.7 Å². The van der Waals surface area contributed by atoms with Crippen molar-refractivity contribution in [3.05, 3.63) is 58.3 Å². The molecule has 2 aromatic carbocycles. The van der Waals surface area contributed by atoms with Gasteiger partial charge >= 0.3 is 0 Å². The van der Waals surface area contributed by atoms with Crippen LogP contribution < -0.4 is 15.4 Å². The van der Waals surface area contributed by atoms with Crippen LogP contribution in [-0.2, 0) is 4.79 Å². The number of halogens is 2. The van der Waals surface area contributed by atoms with Crippen LogP contribution in [-0.4, -0.2) is 17.6 Å². The predicted molar refractivity (Wildman–Crippen MR) is 95.1 cm³/mol. The van der Waals surface area contributed by atoms with E-state index in [9.17, 15) is 9.18 Å². The van der Waals surface area contributed by atoms with E-state index in [1.165, 1.54) is 24.3 Å². The number of carbonyl (C=O) groups is 1. The van der Waals surface area contributed by atoms with Gasteiger partial charge in [0.25, 0.3) is 5.91 Å². The quantitative estimate of drug-likeness (QED) is 0.771. The third kappa shape index (κ3) is 5.61. The zero-order chi connectivity index (χ0) is 16.8. The average molecular weight is 397 g/mol. The van der Waals surface area contributed by atoms with E-state index < -0.39 is 0 Å². The highest BCUT2D eigenvalue weighted by molar-refractivity contribution is 9.10. The van der Waals surface area contributed by atoms with Gasteiger partial charge in [-0.05, 0) is 67.2 Å². The van der Waals surface area contributed by atoms with Gasteiger partial charge < -0.3 is 10.1 Å². The first-order chi connectivity index (χ1) is 10.9. The SMILES string of the molecule is Cc1cc(OCC(=O)NC(=S)Nc2ccc(F)cc2)ccc1Br. The lowest BCUT2D eigenvalue weighted by Crippen LogP contribution is -2.37. The Kier molecular flexibility index (Phi) is 6.06. The van der Waals surface area contributed by atoms with Crippen LogP contribution in [0.25, 0.3) is 0 Å². The molecule has 1 amide bonds. The minimum atomic E-state index is -0.384. The molecule has 0 bridgehead atoms. The lowest BCUT2D eigenvalue weighted by Gasteiger charge is -2.11. The first kappa shape index (κ1) is 17.4. The molecule has 2 N–H and O–H groups in total. The number of anilines is 1. The molecule has 0 saturated heterocycles. The summed E-state index contributed by atoms with van der Waals surface area (Å²) in [6, 6.07) is 11.1. The Hall–Kier alpha value is -1.99. The molecule has 4 nitrogen and oxygen atoms in total. The van der Waals surface area contributed by atoms with Gasteiger partial charge in [0, 0.05) is 10.2 Å². The summed E-state index contributed by atoms with van der Waals surface area (Å²) in [5.74, 6) is -0.132. The fourth-order valence-corrected chi connectivity index (χ4v) is 2.19. The normalized spacial score (nSPS) is 10.0. The summed E-state index contributed by atoms with van der Waals surface area (Å²) < 4.78 is 19.2. The van der Waals surface area contributed by atoms with E-state index in [2.05, 4.69) is 26.6 Å². The van der Waals surface area contributed by atoms with E-state index in [-0.39, 0.29) is 23.4 Å². The average Bonchev–Trinajstić information content (AvgIpc) is 2.51. The molecular weight excluding hydrogens is 383 g/mol. The lowest BCUT2D eigenvalue weighted by molar-refractivity contribution is -0.121. The molecule has 0 aromatic heterocycles. The molecule has 120 valence electrons. The largest absolute Gasteiger partial charge is 0.484 e. The molecule has 0 saturated carbocycles. The summed E-state index contributed by atoms with van der Waals surface area (Å²) in [4.78, 5) is 11.8. The van der Waals surface area contributed by atoms with Crippen LogP contribution >= 0.6 is 28.1 Å². The van der Waals surface area contributed by atoms with Gasteiger partial charge in [-0.15, -0.1) is 0 Å². The number of aryl methyl sites for hydroxylation is 1. The monoisotopic (exact) mass is 396 g/mol. The Morgan fingerprint density at radius 2 is 1.96 bits per heavy atom. The first-order valence-electron chi connectivity index (χ1n) is 6.69. The Morgan fingerprint density at radius 3 is 2.61 bits per heavy atom. The fourth-order valence-electron chi connectivity index (χ4n) is 1.71. The van der Waals surface area contributed by atoms with E-state index in [4.69, 9.17) is 17.0 Å². The zero-order valence-electron chi connectivity index (χ0n) is 12.2. The van der Waals surface area contributed by atoms with Crippen molar-refractivity contribution >= 4 is 44.9 Å². The van der Waals surface area contributed by atoms with E-state index in [1.54, 1.807) is 6.07 Å². The molecule has 0 aliphatic carbocycles. The lowest BCUT2D eigenvalue weighted by atomic mass is 10.2. The topological polar surface area (TPSA) is 50.4 Å². The summed E-state index contributed by atoms with van der Waals surface area (Å²) in [7, 11) is 0. The van der Waals surface area contributed by atoms with Crippen molar-refractivity contribution < 1.29 is 13.9 Å². The number of amides is 1. The number of benzene rings is 2. The van der Waals surface area contributed by atoms with Crippen LogP contribution in [0.4, 0.5) is 10.1 Å². The van der Waals surface area contributed by atoms with Gasteiger partial charge in [-0.2, -0.15) is 0 Å². The van der Waals surface area contributed by atoms with Crippen LogP contribution in [0.3, 0.4) is 0 Å². The Labute approximate surface area is 147 Å². The number of ether oxygens (including phenoxy) is 1. The third-order valence-electron chi connectivity index (χ3n) is 2.85. The number of carbonyl (C=O) groups excluding carboxylic acids is 1. The number of nitrogens with one attached hydrogen (secondary N) is 2. The summed E-state index contributed by atoms with van der Waals surface area (Å²) in [6.07, 6.45) is 0. The number of thiocarbonyl (C=S) groups is 1. The van der Waals surface area contributed by atoms with E-state index >= 15 is 0 Å². The van der Waals surface area contributed by atoms with Crippen molar-refractivity contribution in [2.75, 3.05) is 11.9 Å². The van der Waals surface area contributed by atoms with Crippen molar-refractivity contribution in [2.45, 2.75) is 6.92 Å². The highest BCUT2D eigenvalue weighted by Gasteiger charge is 2.07. The minimum absolute atomic E-state index is 0.122. The highest BCUT2D eigenvalue weighted by atomic mass is 79.9. The van der Waals surface area contributed by atoms with Crippen LogP contribution in [0.2, 0.25) is 0 Å². The first-order valence-corrected chi connectivity index (χ1v) is 7.89. The fraction of sp³-hybridized carbons (Fsp3) is 0.125. The molecule has 0 spiro atoms. The molecule has 23 heavy (non-hydrogen) atoms.